The van der Waals surface area contributed by atoms with Gasteiger partial charge in [0.05, 0.1) is 13.2 Å². The summed E-state index contributed by atoms with van der Waals surface area (Å²) in [5.41, 5.74) is 0. The Hall–Kier alpha value is -1.49. The van der Waals surface area contributed by atoms with E-state index in [0.29, 0.717) is 13.2 Å². The van der Waals surface area contributed by atoms with Gasteiger partial charge in [-0.1, -0.05) is 52.7 Å². The monoisotopic (exact) mass is 434 g/mol. The molecule has 176 valence electrons. The van der Waals surface area contributed by atoms with Crippen LogP contribution >= 0.6 is 0 Å². The maximum atomic E-state index is 11.9. The van der Waals surface area contributed by atoms with Crippen molar-refractivity contribution in [3.63, 3.8) is 0 Å². The molecule has 0 saturated carbocycles. The summed E-state index contributed by atoms with van der Waals surface area (Å²) in [6.07, 6.45) is 4.00. The first-order valence-electron chi connectivity index (χ1n) is 10.5. The van der Waals surface area contributed by atoms with E-state index in [1.165, 1.54) is 26.0 Å². The molecule has 0 heterocycles. The molecule has 0 amide bonds. The quantitative estimate of drug-likeness (QED) is 0.0643. The van der Waals surface area contributed by atoms with Crippen LogP contribution in [-0.2, 0) is 38.5 Å². The molecule has 0 aromatic rings. The predicted octanol–water partition coefficient (Wildman–Crippen LogP) is 5.17. The number of ether oxygens (including phenoxy) is 4. The molecular weight excluding hydrogens is 396 g/mol. The predicted molar refractivity (Wildman–Crippen MR) is 110 cm³/mol. The molecule has 0 aromatic heterocycles. The SMILES string of the molecule is C=CC(OOCCCCC)OC(C)OC(=O)OC(C)OC(C=C)OOCCCCC. The minimum absolute atomic E-state index is 0.433. The van der Waals surface area contributed by atoms with Crippen molar-refractivity contribution in [2.75, 3.05) is 13.2 Å². The molecule has 0 spiro atoms. The van der Waals surface area contributed by atoms with Crippen LogP contribution in [0.5, 0.6) is 0 Å². The number of hydrogen-bond acceptors (Lipinski definition) is 9. The molecule has 0 rings (SSSR count). The lowest BCUT2D eigenvalue weighted by molar-refractivity contribution is -0.385. The second kappa shape index (κ2) is 19.5. The zero-order chi connectivity index (χ0) is 22.6. The van der Waals surface area contributed by atoms with Crippen molar-refractivity contribution in [2.24, 2.45) is 0 Å². The number of carbonyl (C=O) groups excluding carboxylic acids is 1. The minimum atomic E-state index is -0.992. The van der Waals surface area contributed by atoms with Crippen LogP contribution in [0.25, 0.3) is 0 Å². The highest BCUT2D eigenvalue weighted by molar-refractivity contribution is 5.60. The maximum Gasteiger partial charge on any atom is 0.512 e. The molecule has 0 aliphatic carbocycles. The van der Waals surface area contributed by atoms with E-state index in [9.17, 15) is 4.79 Å². The Morgan fingerprint density at radius 1 is 0.767 bits per heavy atom. The van der Waals surface area contributed by atoms with Crippen LogP contribution in [0, 0.1) is 0 Å². The smallest absolute Gasteiger partial charge is 0.404 e. The topological polar surface area (TPSA) is 90.9 Å². The molecule has 0 N–H and O–H groups in total. The van der Waals surface area contributed by atoms with E-state index in [-0.39, 0.29) is 0 Å². The molecule has 0 saturated heterocycles. The number of rotatable bonds is 20. The Labute approximate surface area is 180 Å². The second-order valence-corrected chi connectivity index (χ2v) is 6.35. The molecule has 0 aliphatic heterocycles. The first-order valence-corrected chi connectivity index (χ1v) is 10.5. The molecule has 9 heteroatoms. The minimum Gasteiger partial charge on any atom is -0.404 e. The first kappa shape index (κ1) is 28.5. The molecule has 9 nitrogen and oxygen atoms in total. The third kappa shape index (κ3) is 16.3. The van der Waals surface area contributed by atoms with E-state index in [2.05, 4.69) is 27.0 Å². The largest absolute Gasteiger partial charge is 0.512 e. The molecule has 0 aromatic carbocycles. The standard InChI is InChI=1S/C21H38O9/c1-7-11-13-15-23-29-19(9-3)25-17(5)27-21(22)28-18(6)26-20(10-4)30-24-16-14-12-8-2/h9-10,17-20H,3-4,7-8,11-16H2,1-2,5-6H3. The van der Waals surface area contributed by atoms with Crippen molar-refractivity contribution in [3.05, 3.63) is 25.3 Å². The van der Waals surface area contributed by atoms with E-state index < -0.39 is 31.3 Å². The fourth-order valence-electron chi connectivity index (χ4n) is 2.02. The van der Waals surface area contributed by atoms with E-state index in [1.807, 2.05) is 0 Å². The highest BCUT2D eigenvalue weighted by Crippen LogP contribution is 2.09. The molecular formula is C21H38O9. The van der Waals surface area contributed by atoms with Gasteiger partial charge in [-0.25, -0.2) is 14.6 Å². The van der Waals surface area contributed by atoms with E-state index in [4.69, 9.17) is 38.5 Å². The van der Waals surface area contributed by atoms with Crippen LogP contribution in [0.3, 0.4) is 0 Å². The van der Waals surface area contributed by atoms with Gasteiger partial charge in [-0.05, 0) is 38.8 Å². The van der Waals surface area contributed by atoms with Crippen LogP contribution in [0.4, 0.5) is 4.79 Å². The Bertz CT molecular complexity index is 406. The lowest BCUT2D eigenvalue weighted by Gasteiger charge is -2.21. The summed E-state index contributed by atoms with van der Waals surface area (Å²) < 4.78 is 20.7. The lowest BCUT2D eigenvalue weighted by Crippen LogP contribution is -2.29. The van der Waals surface area contributed by atoms with Gasteiger partial charge >= 0.3 is 6.16 Å². The number of unbranched alkanes of at least 4 members (excludes halogenated alkanes) is 4. The van der Waals surface area contributed by atoms with E-state index in [1.54, 1.807) is 0 Å². The van der Waals surface area contributed by atoms with Gasteiger partial charge in [0.2, 0.25) is 25.2 Å². The van der Waals surface area contributed by atoms with Gasteiger partial charge in [-0.2, -0.15) is 9.78 Å². The van der Waals surface area contributed by atoms with Gasteiger partial charge in [0, 0.05) is 0 Å². The van der Waals surface area contributed by atoms with Crippen LogP contribution in [-0.4, -0.2) is 44.5 Å². The van der Waals surface area contributed by atoms with Gasteiger partial charge < -0.3 is 18.9 Å². The Morgan fingerprint density at radius 3 is 1.50 bits per heavy atom. The summed E-state index contributed by atoms with van der Waals surface area (Å²) >= 11 is 0. The molecule has 4 atom stereocenters. The zero-order valence-electron chi connectivity index (χ0n) is 18.7. The second-order valence-electron chi connectivity index (χ2n) is 6.35. The average molecular weight is 435 g/mol. The van der Waals surface area contributed by atoms with Crippen LogP contribution in [0.15, 0.2) is 25.3 Å². The molecule has 0 aliphatic rings. The van der Waals surface area contributed by atoms with Gasteiger partial charge in [0.15, 0.2) is 0 Å². The van der Waals surface area contributed by atoms with Gasteiger partial charge in [0.25, 0.3) is 0 Å². The average Bonchev–Trinajstić information content (AvgIpc) is 2.71. The van der Waals surface area contributed by atoms with Gasteiger partial charge in [-0.15, -0.1) is 0 Å². The fourth-order valence-corrected chi connectivity index (χ4v) is 2.02. The molecule has 30 heavy (non-hydrogen) atoms. The normalized spacial score (nSPS) is 15.1. The Balaban J connectivity index is 4.11. The third-order valence-corrected chi connectivity index (χ3v) is 3.55. The molecule has 0 bridgehead atoms. The van der Waals surface area contributed by atoms with Crippen molar-refractivity contribution in [2.45, 2.75) is 91.4 Å². The Morgan fingerprint density at radius 2 is 1.17 bits per heavy atom. The van der Waals surface area contributed by atoms with Crippen molar-refractivity contribution in [3.8, 4) is 0 Å². The Kier molecular flexibility index (Phi) is 18.5. The third-order valence-electron chi connectivity index (χ3n) is 3.55. The van der Waals surface area contributed by atoms with Crippen molar-refractivity contribution in [1.29, 1.82) is 0 Å². The van der Waals surface area contributed by atoms with E-state index >= 15 is 0 Å². The highest BCUT2D eigenvalue weighted by Gasteiger charge is 2.20. The summed E-state index contributed by atoms with van der Waals surface area (Å²) in [6.45, 7) is 15.2. The van der Waals surface area contributed by atoms with Crippen molar-refractivity contribution in [1.82, 2.24) is 0 Å². The van der Waals surface area contributed by atoms with Crippen LogP contribution < -0.4 is 0 Å². The summed E-state index contributed by atoms with van der Waals surface area (Å²) in [5, 5.41) is 0. The van der Waals surface area contributed by atoms with Crippen molar-refractivity contribution >= 4 is 6.16 Å². The highest BCUT2D eigenvalue weighted by atomic mass is 17.2. The van der Waals surface area contributed by atoms with Crippen LogP contribution in [0.2, 0.25) is 0 Å². The van der Waals surface area contributed by atoms with Crippen molar-refractivity contribution < 1.29 is 43.3 Å². The molecule has 0 fully saturated rings. The summed E-state index contributed by atoms with van der Waals surface area (Å²) in [5.74, 6) is 0. The number of carbonyl (C=O) groups is 1. The van der Waals surface area contributed by atoms with Crippen LogP contribution in [0.1, 0.15) is 66.2 Å². The zero-order valence-corrected chi connectivity index (χ0v) is 18.7. The number of hydrogen-bond donors (Lipinski definition) is 0. The molecule has 0 radical (unpaired) electrons. The summed E-state index contributed by atoms with van der Waals surface area (Å²) in [6, 6.07) is 0. The summed E-state index contributed by atoms with van der Waals surface area (Å²) in [4.78, 5) is 32.1. The molecule has 4 unspecified atom stereocenters. The lowest BCUT2D eigenvalue weighted by atomic mass is 10.3. The van der Waals surface area contributed by atoms with Gasteiger partial charge in [-0.3, -0.25) is 0 Å². The van der Waals surface area contributed by atoms with Gasteiger partial charge in [0.1, 0.15) is 0 Å². The maximum absolute atomic E-state index is 11.9. The fraction of sp³-hybridized carbons (Fsp3) is 0.762. The summed E-state index contributed by atoms with van der Waals surface area (Å²) in [7, 11) is 0. The van der Waals surface area contributed by atoms with E-state index in [0.717, 1.165) is 38.5 Å². The first-order chi connectivity index (χ1) is 14.5.